The molecule has 0 aliphatic carbocycles. The number of rotatable bonds is 3. The average molecular weight is 344 g/mol. The fraction of sp³-hybridized carbons (Fsp3) is 0.0667. The summed E-state index contributed by atoms with van der Waals surface area (Å²) < 4.78 is 2.17. The van der Waals surface area contributed by atoms with Gasteiger partial charge in [-0.05, 0) is 42.6 Å². The highest BCUT2D eigenvalue weighted by Crippen LogP contribution is 2.31. The number of hydrogen-bond donors (Lipinski definition) is 1. The Morgan fingerprint density at radius 2 is 2.22 bits per heavy atom. The van der Waals surface area contributed by atoms with E-state index in [0.29, 0.717) is 10.5 Å². The summed E-state index contributed by atoms with van der Waals surface area (Å²) in [6, 6.07) is 7.03. The summed E-state index contributed by atoms with van der Waals surface area (Å²) in [6.45, 7) is 0. The molecule has 0 saturated carbocycles. The lowest BCUT2D eigenvalue weighted by atomic mass is 10.3. The summed E-state index contributed by atoms with van der Waals surface area (Å²) >= 11 is 6.33. The van der Waals surface area contributed by atoms with Crippen LogP contribution in [0.5, 0.6) is 0 Å². The van der Waals surface area contributed by atoms with Gasteiger partial charge in [0.2, 0.25) is 0 Å². The van der Waals surface area contributed by atoms with Gasteiger partial charge in [-0.3, -0.25) is 20.0 Å². The second-order valence-electron chi connectivity index (χ2n) is 4.74. The van der Waals surface area contributed by atoms with Crippen LogP contribution < -0.4 is 5.43 Å². The van der Waals surface area contributed by atoms with Crippen LogP contribution in [0.1, 0.15) is 16.1 Å². The number of nitrogens with zero attached hydrogens (tertiary/aromatic N) is 3. The molecule has 3 heterocycles. The molecule has 0 aromatic carbocycles. The lowest BCUT2D eigenvalue weighted by Gasteiger charge is -2.15. The summed E-state index contributed by atoms with van der Waals surface area (Å²) in [4.78, 5) is 28.9. The van der Waals surface area contributed by atoms with Gasteiger partial charge in [0.25, 0.3) is 11.8 Å². The molecule has 1 N–H and O–H groups in total. The lowest BCUT2D eigenvalue weighted by Crippen LogP contribution is -2.44. The quantitative estimate of drug-likeness (QED) is 0.681. The van der Waals surface area contributed by atoms with Crippen molar-refractivity contribution in [3.63, 3.8) is 0 Å². The van der Waals surface area contributed by atoms with Crippen LogP contribution in [-0.2, 0) is 11.8 Å². The smallest absolute Gasteiger partial charge is 0.285 e. The fourth-order valence-electron chi connectivity index (χ4n) is 1.99. The maximum Gasteiger partial charge on any atom is 0.285 e. The molecule has 1 aliphatic rings. The van der Waals surface area contributed by atoms with Crippen LogP contribution in [0.3, 0.4) is 0 Å². The highest BCUT2D eigenvalue weighted by Gasteiger charge is 2.33. The molecule has 8 heteroatoms. The first kappa shape index (κ1) is 15.4. The van der Waals surface area contributed by atoms with Crippen LogP contribution in [0.2, 0.25) is 0 Å². The van der Waals surface area contributed by atoms with Crippen molar-refractivity contribution in [2.75, 3.05) is 0 Å². The number of aromatic nitrogens is 2. The van der Waals surface area contributed by atoms with Crippen molar-refractivity contribution in [3.8, 4) is 0 Å². The summed E-state index contributed by atoms with van der Waals surface area (Å²) in [5.41, 5.74) is 3.75. The van der Waals surface area contributed by atoms with Gasteiger partial charge >= 0.3 is 0 Å². The van der Waals surface area contributed by atoms with Crippen LogP contribution in [0, 0.1) is 0 Å². The molecule has 0 radical (unpaired) electrons. The van der Waals surface area contributed by atoms with Crippen molar-refractivity contribution in [3.05, 3.63) is 59.0 Å². The summed E-state index contributed by atoms with van der Waals surface area (Å²) in [6.07, 6.45) is 6.62. The zero-order valence-corrected chi connectivity index (χ0v) is 13.7. The Morgan fingerprint density at radius 3 is 2.87 bits per heavy atom. The highest BCUT2D eigenvalue weighted by atomic mass is 32.2. The molecule has 1 fully saturated rings. The van der Waals surface area contributed by atoms with E-state index in [2.05, 4.69) is 10.4 Å². The summed E-state index contributed by atoms with van der Waals surface area (Å²) in [7, 11) is 1.89. The minimum absolute atomic E-state index is 0.285. The number of thioether (sulfide) groups is 1. The molecular weight excluding hydrogens is 332 g/mol. The van der Waals surface area contributed by atoms with E-state index in [1.54, 1.807) is 24.4 Å². The zero-order chi connectivity index (χ0) is 16.4. The van der Waals surface area contributed by atoms with Crippen molar-refractivity contribution >= 4 is 46.2 Å². The predicted molar refractivity (Wildman–Crippen MR) is 92.1 cm³/mol. The van der Waals surface area contributed by atoms with E-state index in [4.69, 9.17) is 12.2 Å². The maximum atomic E-state index is 12.4. The van der Waals surface area contributed by atoms with Gasteiger partial charge in [-0.1, -0.05) is 11.8 Å². The van der Waals surface area contributed by atoms with Gasteiger partial charge in [-0.25, -0.2) is 0 Å². The monoisotopic (exact) mass is 344 g/mol. The standard InChI is InChI=1S/C15H12N4O2S2/c1-18-7-3-5-11(18)8-12-14(21)19(15(22)23-12)17-13(20)10-4-2-6-16-9-10/h2-9H,1H3,(H,17,20)/b12-8-. The predicted octanol–water partition coefficient (Wildman–Crippen LogP) is 1.97. The summed E-state index contributed by atoms with van der Waals surface area (Å²) in [5, 5.41) is 1.09. The third-order valence-electron chi connectivity index (χ3n) is 3.19. The molecule has 0 spiro atoms. The number of nitrogens with one attached hydrogen (secondary N) is 1. The second-order valence-corrected chi connectivity index (χ2v) is 6.42. The van der Waals surface area contributed by atoms with Gasteiger partial charge in [-0.15, -0.1) is 0 Å². The van der Waals surface area contributed by atoms with E-state index >= 15 is 0 Å². The van der Waals surface area contributed by atoms with E-state index in [1.165, 1.54) is 6.20 Å². The Labute approximate surface area is 142 Å². The minimum Gasteiger partial charge on any atom is -0.351 e. The molecule has 0 atom stereocenters. The first-order valence-electron chi connectivity index (χ1n) is 6.66. The Hall–Kier alpha value is -2.45. The van der Waals surface area contributed by atoms with Crippen molar-refractivity contribution in [2.24, 2.45) is 7.05 Å². The number of pyridine rings is 1. The maximum absolute atomic E-state index is 12.4. The molecule has 23 heavy (non-hydrogen) atoms. The molecule has 2 amide bonds. The molecular formula is C15H12N4O2S2. The van der Waals surface area contributed by atoms with Gasteiger partial charge in [0, 0.05) is 31.3 Å². The fourth-order valence-corrected chi connectivity index (χ4v) is 3.15. The van der Waals surface area contributed by atoms with Crippen LogP contribution in [-0.4, -0.2) is 30.7 Å². The number of carbonyl (C=O) groups excluding carboxylic acids is 2. The van der Waals surface area contributed by atoms with Gasteiger partial charge in [0.1, 0.15) is 0 Å². The topological polar surface area (TPSA) is 67.2 Å². The third-order valence-corrected chi connectivity index (χ3v) is 4.50. The molecule has 2 aromatic heterocycles. The lowest BCUT2D eigenvalue weighted by molar-refractivity contribution is -0.123. The number of hydrogen-bond acceptors (Lipinski definition) is 5. The molecule has 3 rings (SSSR count). The van der Waals surface area contributed by atoms with Gasteiger partial charge < -0.3 is 4.57 Å². The first-order valence-corrected chi connectivity index (χ1v) is 7.89. The van der Waals surface area contributed by atoms with Crippen molar-refractivity contribution in [1.82, 2.24) is 20.0 Å². The average Bonchev–Trinajstić information content (AvgIpc) is 3.07. The number of thiocarbonyl (C=S) groups is 1. The first-order chi connectivity index (χ1) is 11.1. The molecule has 6 nitrogen and oxygen atoms in total. The van der Waals surface area contributed by atoms with Crippen molar-refractivity contribution < 1.29 is 9.59 Å². The SMILES string of the molecule is Cn1cccc1/C=C1\SC(=S)N(NC(=O)c2cccnc2)C1=O. The van der Waals surface area contributed by atoms with Gasteiger partial charge in [0.15, 0.2) is 4.32 Å². The van der Waals surface area contributed by atoms with Crippen LogP contribution in [0.4, 0.5) is 0 Å². The summed E-state index contributed by atoms with van der Waals surface area (Å²) in [5.74, 6) is -0.784. The number of carbonyl (C=O) groups is 2. The Balaban J connectivity index is 1.78. The second kappa shape index (κ2) is 6.35. The Morgan fingerprint density at radius 1 is 1.39 bits per heavy atom. The largest absolute Gasteiger partial charge is 0.351 e. The minimum atomic E-state index is -0.436. The molecule has 1 saturated heterocycles. The molecule has 1 aliphatic heterocycles. The Kier molecular flexibility index (Phi) is 4.26. The van der Waals surface area contributed by atoms with Gasteiger partial charge in [0.05, 0.1) is 10.5 Å². The zero-order valence-electron chi connectivity index (χ0n) is 12.1. The van der Waals surface area contributed by atoms with Crippen molar-refractivity contribution in [2.45, 2.75) is 0 Å². The van der Waals surface area contributed by atoms with Gasteiger partial charge in [-0.2, -0.15) is 5.01 Å². The van der Waals surface area contributed by atoms with Crippen molar-refractivity contribution in [1.29, 1.82) is 0 Å². The van der Waals surface area contributed by atoms with Crippen LogP contribution in [0.25, 0.3) is 6.08 Å². The molecule has 0 unspecified atom stereocenters. The number of amides is 2. The van der Waals surface area contributed by atoms with E-state index < -0.39 is 5.91 Å². The molecule has 0 bridgehead atoms. The van der Waals surface area contributed by atoms with Crippen LogP contribution in [0.15, 0.2) is 47.8 Å². The molecule has 116 valence electrons. The third kappa shape index (κ3) is 3.17. The van der Waals surface area contributed by atoms with E-state index in [-0.39, 0.29) is 10.2 Å². The number of hydrazine groups is 1. The molecule has 2 aromatic rings. The van der Waals surface area contributed by atoms with E-state index in [1.807, 2.05) is 29.9 Å². The Bertz CT molecular complexity index is 814. The van der Waals surface area contributed by atoms with E-state index in [0.717, 1.165) is 22.5 Å². The van der Waals surface area contributed by atoms with Crippen LogP contribution >= 0.6 is 24.0 Å². The number of aryl methyl sites for hydroxylation is 1. The highest BCUT2D eigenvalue weighted by molar-refractivity contribution is 8.26. The normalized spacial score (nSPS) is 16.2. The van der Waals surface area contributed by atoms with E-state index in [9.17, 15) is 9.59 Å².